The molecule has 17 atom stereocenters. The zero-order valence-corrected chi connectivity index (χ0v) is 48.6. The van der Waals surface area contributed by atoms with E-state index >= 15 is 0 Å². The van der Waals surface area contributed by atoms with Gasteiger partial charge < -0.3 is 89.9 Å². The fourth-order valence-corrected chi connectivity index (χ4v) is 10.9. The molecule has 3 saturated heterocycles. The van der Waals surface area contributed by atoms with Gasteiger partial charge in [0.25, 0.3) is 0 Å². The quantitative estimate of drug-likeness (QED) is 0.0240. The third kappa shape index (κ3) is 27.9. The summed E-state index contributed by atoms with van der Waals surface area (Å²) in [6.45, 7) is 1.69. The van der Waals surface area contributed by atoms with Crippen LogP contribution in [0.4, 0.5) is 0 Å². The van der Waals surface area contributed by atoms with Crippen molar-refractivity contribution in [1.29, 1.82) is 0 Å². The third-order valence-electron chi connectivity index (χ3n) is 16.1. The lowest BCUT2D eigenvalue weighted by atomic mass is 9.96. The number of rotatable bonds is 47. The highest BCUT2D eigenvalue weighted by molar-refractivity contribution is 5.76. The van der Waals surface area contributed by atoms with Gasteiger partial charge in [0.1, 0.15) is 73.2 Å². The van der Waals surface area contributed by atoms with E-state index in [4.69, 9.17) is 28.4 Å². The monoisotopic (exact) mass is 1140 g/mol. The van der Waals surface area contributed by atoms with Gasteiger partial charge in [-0.25, -0.2) is 0 Å². The van der Waals surface area contributed by atoms with Crippen LogP contribution in [0, 0.1) is 0 Å². The summed E-state index contributed by atoms with van der Waals surface area (Å²) in [4.78, 5) is 13.2. The van der Waals surface area contributed by atoms with Crippen molar-refractivity contribution in [3.8, 4) is 0 Å². The van der Waals surface area contributed by atoms with E-state index in [0.29, 0.717) is 6.42 Å². The molecule has 0 radical (unpaired) electrons. The SMILES string of the molecule is CCCCCCCCCCCCCCCCCCCCCCCCCC/C=C/C(O)C(COC1OC(CO)C(OC2OC(CO)C(OC3OC(CO)C(O)C(O)C3O)C(O)C2O)C(O)C1O)NC(=O)CCCCCCCCCC. The van der Waals surface area contributed by atoms with Crippen LogP contribution in [0.25, 0.3) is 0 Å². The minimum Gasteiger partial charge on any atom is -0.394 e. The Kier molecular flexibility index (Phi) is 40.1. The van der Waals surface area contributed by atoms with Gasteiger partial charge in [0.2, 0.25) is 5.91 Å². The van der Waals surface area contributed by atoms with E-state index in [1.807, 2.05) is 6.08 Å². The molecule has 466 valence electrons. The first-order valence-corrected chi connectivity index (χ1v) is 31.4. The second-order valence-electron chi connectivity index (χ2n) is 22.9. The number of hydrogen-bond acceptors (Lipinski definition) is 18. The fourth-order valence-electron chi connectivity index (χ4n) is 10.9. The van der Waals surface area contributed by atoms with Crippen LogP contribution in [0.5, 0.6) is 0 Å². The van der Waals surface area contributed by atoms with Crippen molar-refractivity contribution < 1.29 is 89.4 Å². The zero-order valence-electron chi connectivity index (χ0n) is 48.6. The average Bonchev–Trinajstić information content (AvgIpc) is 3.48. The van der Waals surface area contributed by atoms with Gasteiger partial charge in [-0.15, -0.1) is 0 Å². The van der Waals surface area contributed by atoms with Crippen LogP contribution in [-0.2, 0) is 33.2 Å². The normalized spacial score (nSPS) is 30.3. The molecule has 17 unspecified atom stereocenters. The zero-order chi connectivity index (χ0) is 57.6. The van der Waals surface area contributed by atoms with E-state index in [2.05, 4.69) is 19.2 Å². The summed E-state index contributed by atoms with van der Waals surface area (Å²) in [6.07, 6.45) is 18.1. The van der Waals surface area contributed by atoms with Gasteiger partial charge in [0, 0.05) is 6.42 Å². The van der Waals surface area contributed by atoms with E-state index in [9.17, 15) is 61.0 Å². The third-order valence-corrected chi connectivity index (χ3v) is 16.1. The van der Waals surface area contributed by atoms with E-state index in [1.54, 1.807) is 6.08 Å². The minimum atomic E-state index is -1.97. The Labute approximate surface area is 474 Å². The highest BCUT2D eigenvalue weighted by atomic mass is 16.8. The molecule has 79 heavy (non-hydrogen) atoms. The number of nitrogens with one attached hydrogen (secondary N) is 1. The van der Waals surface area contributed by atoms with Crippen LogP contribution < -0.4 is 5.32 Å². The highest BCUT2D eigenvalue weighted by Crippen LogP contribution is 2.33. The first-order chi connectivity index (χ1) is 38.3. The van der Waals surface area contributed by atoms with Crippen molar-refractivity contribution in [3.05, 3.63) is 12.2 Å². The maximum absolute atomic E-state index is 13.2. The number of unbranched alkanes of at least 4 members (excludes halogenated alkanes) is 31. The molecule has 19 heteroatoms. The molecule has 3 heterocycles. The molecular formula is C60H113NO18. The number of carbonyl (C=O) groups is 1. The van der Waals surface area contributed by atoms with Crippen LogP contribution >= 0.6 is 0 Å². The summed E-state index contributed by atoms with van der Waals surface area (Å²) in [5, 5.41) is 120. The molecule has 0 aromatic rings. The van der Waals surface area contributed by atoms with Crippen LogP contribution in [-0.4, -0.2) is 193 Å². The summed E-state index contributed by atoms with van der Waals surface area (Å²) in [5.41, 5.74) is 0. The molecule has 3 aliphatic heterocycles. The maximum Gasteiger partial charge on any atom is 0.220 e. The first-order valence-electron chi connectivity index (χ1n) is 31.4. The molecule has 12 N–H and O–H groups in total. The lowest BCUT2D eigenvalue weighted by molar-refractivity contribution is -0.379. The molecule has 0 aliphatic carbocycles. The number of hydrogen-bond donors (Lipinski definition) is 12. The molecule has 1 amide bonds. The van der Waals surface area contributed by atoms with Gasteiger partial charge >= 0.3 is 0 Å². The Hall–Kier alpha value is -1.47. The Morgan fingerprint density at radius 3 is 1.19 bits per heavy atom. The molecule has 0 spiro atoms. The molecule has 0 aromatic heterocycles. The van der Waals surface area contributed by atoms with E-state index < -0.39 is 124 Å². The summed E-state index contributed by atoms with van der Waals surface area (Å²) in [6, 6.07) is -0.965. The van der Waals surface area contributed by atoms with Crippen LogP contribution in [0.3, 0.4) is 0 Å². The van der Waals surface area contributed by atoms with Crippen molar-refractivity contribution >= 4 is 5.91 Å². The Balaban J connectivity index is 1.41. The van der Waals surface area contributed by atoms with Crippen LogP contribution in [0.1, 0.15) is 232 Å². The van der Waals surface area contributed by atoms with Crippen molar-refractivity contribution in [2.24, 2.45) is 0 Å². The van der Waals surface area contributed by atoms with Gasteiger partial charge in [0.15, 0.2) is 18.9 Å². The van der Waals surface area contributed by atoms with Crippen molar-refractivity contribution in [2.45, 2.75) is 336 Å². The fraction of sp³-hybridized carbons (Fsp3) is 0.950. The van der Waals surface area contributed by atoms with Gasteiger partial charge in [0.05, 0.1) is 38.6 Å². The summed E-state index contributed by atoms with van der Waals surface area (Å²) < 4.78 is 34.2. The van der Waals surface area contributed by atoms with Crippen molar-refractivity contribution in [3.63, 3.8) is 0 Å². The van der Waals surface area contributed by atoms with Gasteiger partial charge in [-0.1, -0.05) is 219 Å². The van der Waals surface area contributed by atoms with E-state index in [1.165, 1.54) is 161 Å². The second-order valence-corrected chi connectivity index (χ2v) is 22.9. The number of allylic oxidation sites excluding steroid dienone is 1. The number of aliphatic hydroxyl groups is 11. The largest absolute Gasteiger partial charge is 0.394 e. The molecular weight excluding hydrogens is 1020 g/mol. The lowest BCUT2D eigenvalue weighted by Crippen LogP contribution is -2.66. The molecule has 3 fully saturated rings. The smallest absolute Gasteiger partial charge is 0.220 e. The molecule has 3 rings (SSSR count). The Morgan fingerprint density at radius 1 is 0.443 bits per heavy atom. The summed E-state index contributed by atoms with van der Waals surface area (Å²) >= 11 is 0. The van der Waals surface area contributed by atoms with Crippen LogP contribution in [0.2, 0.25) is 0 Å². The summed E-state index contributed by atoms with van der Waals surface area (Å²) in [7, 11) is 0. The predicted octanol–water partition coefficient (Wildman–Crippen LogP) is 6.16. The van der Waals surface area contributed by atoms with Crippen molar-refractivity contribution in [2.75, 3.05) is 26.4 Å². The standard InChI is InChI=1S/C60H113NO18/c1-3-5-7-9-11-13-14-15-16-17-18-19-20-21-22-23-24-25-26-27-28-29-30-31-33-35-37-44(65)43(61-48(66)38-36-34-32-12-10-8-6-4-2)42-74-58-54(72)51(69)56(46(40-63)76-58)79-60-55(73)52(70)57(47(41-64)77-60)78-59-53(71)50(68)49(67)45(39-62)75-59/h35,37,43-47,49-60,62-65,67-73H,3-34,36,38-42H2,1-2H3,(H,61,66)/b37-35+. The molecule has 19 nitrogen and oxygen atoms in total. The minimum absolute atomic E-state index is 0.246. The second kappa shape index (κ2) is 44.1. The molecule has 0 saturated carbocycles. The first kappa shape index (κ1) is 71.8. The van der Waals surface area contributed by atoms with E-state index in [0.717, 1.165) is 44.9 Å². The van der Waals surface area contributed by atoms with Gasteiger partial charge in [-0.2, -0.15) is 0 Å². The average molecular weight is 1140 g/mol. The van der Waals surface area contributed by atoms with Gasteiger partial charge in [-0.3, -0.25) is 4.79 Å². The lowest BCUT2D eigenvalue weighted by Gasteiger charge is -2.48. The van der Waals surface area contributed by atoms with E-state index in [-0.39, 0.29) is 18.9 Å². The Bertz CT molecular complexity index is 1500. The topological polar surface area (TPSA) is 307 Å². The molecule has 3 aliphatic rings. The molecule has 0 bridgehead atoms. The predicted molar refractivity (Wildman–Crippen MR) is 300 cm³/mol. The van der Waals surface area contributed by atoms with Crippen molar-refractivity contribution in [1.82, 2.24) is 5.32 Å². The number of carbonyl (C=O) groups excluding carboxylic acids is 1. The number of amides is 1. The summed E-state index contributed by atoms with van der Waals surface area (Å²) in [5.74, 6) is -0.279. The van der Waals surface area contributed by atoms with Crippen LogP contribution in [0.15, 0.2) is 12.2 Å². The van der Waals surface area contributed by atoms with Gasteiger partial charge in [-0.05, 0) is 19.3 Å². The maximum atomic E-state index is 13.2. The Morgan fingerprint density at radius 2 is 0.785 bits per heavy atom. The number of aliphatic hydroxyl groups excluding tert-OH is 11. The number of ether oxygens (including phenoxy) is 6. The highest BCUT2D eigenvalue weighted by Gasteiger charge is 2.53. The molecule has 0 aromatic carbocycles.